The fourth-order valence-corrected chi connectivity index (χ4v) is 1.68. The Morgan fingerprint density at radius 1 is 1.22 bits per heavy atom. The molecule has 0 unspecified atom stereocenters. The number of rotatable bonds is 7. The predicted octanol–water partition coefficient (Wildman–Crippen LogP) is 2.86. The van der Waals surface area contributed by atoms with Crippen LogP contribution in [-0.4, -0.2) is 31.1 Å². The number of hydrogen-bond donors (Lipinski definition) is 0. The molecule has 0 fully saturated rings. The lowest BCUT2D eigenvalue weighted by atomic mass is 10.1. The van der Waals surface area contributed by atoms with Crippen molar-refractivity contribution >= 4 is 0 Å². The van der Waals surface area contributed by atoms with Gasteiger partial charge in [0.1, 0.15) is 5.75 Å². The first kappa shape index (κ1) is 14.5. The van der Waals surface area contributed by atoms with Gasteiger partial charge in [0.25, 0.3) is 0 Å². The maximum atomic E-state index is 8.51. The first-order valence-electron chi connectivity index (χ1n) is 6.43. The van der Waals surface area contributed by atoms with E-state index in [1.807, 2.05) is 33.0 Å². The second-order valence-electron chi connectivity index (χ2n) is 4.77. The van der Waals surface area contributed by atoms with E-state index in [9.17, 15) is 0 Å². The third-order valence-electron chi connectivity index (χ3n) is 2.68. The van der Waals surface area contributed by atoms with Crippen LogP contribution in [-0.2, 0) is 6.42 Å². The molecule has 0 saturated heterocycles. The van der Waals surface area contributed by atoms with Crippen molar-refractivity contribution in [3.05, 3.63) is 29.8 Å². The van der Waals surface area contributed by atoms with Crippen LogP contribution in [0.3, 0.4) is 0 Å². The summed E-state index contributed by atoms with van der Waals surface area (Å²) in [5, 5.41) is 8.51. The number of benzene rings is 1. The van der Waals surface area contributed by atoms with Crippen LogP contribution in [0.4, 0.5) is 0 Å². The van der Waals surface area contributed by atoms with Crippen molar-refractivity contribution in [1.29, 1.82) is 5.26 Å². The molecular formula is C15H22N2O. The van der Waals surface area contributed by atoms with Gasteiger partial charge in [-0.15, -0.1) is 0 Å². The van der Waals surface area contributed by atoms with Gasteiger partial charge >= 0.3 is 0 Å². The van der Waals surface area contributed by atoms with Crippen LogP contribution in [0.25, 0.3) is 0 Å². The minimum absolute atomic E-state index is 0.216. The predicted molar refractivity (Wildman–Crippen MR) is 73.6 cm³/mol. The molecule has 0 bridgehead atoms. The van der Waals surface area contributed by atoms with Gasteiger partial charge in [0.15, 0.2) is 0 Å². The zero-order chi connectivity index (χ0) is 13.4. The number of hydrogen-bond acceptors (Lipinski definition) is 3. The summed E-state index contributed by atoms with van der Waals surface area (Å²) in [6.07, 6.45) is 1.81. The molecule has 1 rings (SSSR count). The molecule has 0 spiro atoms. The summed E-state index contributed by atoms with van der Waals surface area (Å²) in [6.45, 7) is 5.87. The Bertz CT molecular complexity index is 378. The minimum atomic E-state index is 0.216. The lowest BCUT2D eigenvalue weighted by Crippen LogP contribution is -2.22. The van der Waals surface area contributed by atoms with Gasteiger partial charge in [-0.05, 0) is 45.0 Å². The Kier molecular flexibility index (Phi) is 6.24. The van der Waals surface area contributed by atoms with E-state index >= 15 is 0 Å². The molecule has 3 nitrogen and oxygen atoms in total. The molecule has 0 aliphatic heterocycles. The van der Waals surface area contributed by atoms with Crippen LogP contribution < -0.4 is 4.74 Å². The fraction of sp³-hybridized carbons (Fsp3) is 0.533. The van der Waals surface area contributed by atoms with Gasteiger partial charge in [-0.3, -0.25) is 0 Å². The molecule has 0 aromatic heterocycles. The van der Waals surface area contributed by atoms with Crippen LogP contribution in [0.15, 0.2) is 24.3 Å². The Hall–Kier alpha value is -1.53. The average Bonchev–Trinajstić information content (AvgIpc) is 2.35. The molecule has 1 aromatic carbocycles. The molecule has 18 heavy (non-hydrogen) atoms. The molecule has 0 N–H and O–H groups in total. The Morgan fingerprint density at radius 2 is 1.89 bits per heavy atom. The Balaban J connectivity index is 2.37. The average molecular weight is 246 g/mol. The van der Waals surface area contributed by atoms with Crippen LogP contribution >= 0.6 is 0 Å². The van der Waals surface area contributed by atoms with Crippen LogP contribution in [0.2, 0.25) is 0 Å². The van der Waals surface area contributed by atoms with Crippen molar-refractivity contribution in [2.75, 3.05) is 20.1 Å². The first-order chi connectivity index (χ1) is 8.61. The number of nitriles is 1. The van der Waals surface area contributed by atoms with Crippen molar-refractivity contribution in [3.8, 4) is 11.8 Å². The molecule has 0 aliphatic carbocycles. The van der Waals surface area contributed by atoms with Gasteiger partial charge in [0, 0.05) is 19.5 Å². The molecule has 98 valence electrons. The van der Waals surface area contributed by atoms with Gasteiger partial charge < -0.3 is 9.64 Å². The van der Waals surface area contributed by atoms with E-state index in [-0.39, 0.29) is 6.10 Å². The van der Waals surface area contributed by atoms with Crippen molar-refractivity contribution < 1.29 is 4.74 Å². The molecule has 0 heterocycles. The van der Waals surface area contributed by atoms with E-state index in [1.54, 1.807) is 0 Å². The maximum Gasteiger partial charge on any atom is 0.119 e. The second kappa shape index (κ2) is 7.73. The zero-order valence-corrected chi connectivity index (χ0v) is 11.5. The highest BCUT2D eigenvalue weighted by atomic mass is 16.5. The molecule has 0 amide bonds. The van der Waals surface area contributed by atoms with Crippen LogP contribution in [0, 0.1) is 11.3 Å². The number of likely N-dealkylation sites (N-methyl/N-ethyl adjacent to an activating group) is 1. The van der Waals surface area contributed by atoms with E-state index in [0.29, 0.717) is 6.42 Å². The van der Waals surface area contributed by atoms with Gasteiger partial charge in [-0.2, -0.15) is 5.26 Å². The van der Waals surface area contributed by atoms with Gasteiger partial charge in [0.05, 0.1) is 12.2 Å². The summed E-state index contributed by atoms with van der Waals surface area (Å²) in [5.74, 6) is 0.923. The highest BCUT2D eigenvalue weighted by molar-refractivity contribution is 5.27. The van der Waals surface area contributed by atoms with Gasteiger partial charge in [0.2, 0.25) is 0 Å². The molecule has 0 atom stereocenters. The summed E-state index contributed by atoms with van der Waals surface area (Å²) in [6, 6.07) is 10.4. The van der Waals surface area contributed by atoms with E-state index in [0.717, 1.165) is 25.3 Å². The first-order valence-corrected chi connectivity index (χ1v) is 6.43. The molecule has 0 aliphatic rings. The summed E-state index contributed by atoms with van der Waals surface area (Å²) < 4.78 is 5.60. The summed E-state index contributed by atoms with van der Waals surface area (Å²) >= 11 is 0. The minimum Gasteiger partial charge on any atom is -0.491 e. The molecule has 3 heteroatoms. The van der Waals surface area contributed by atoms with Crippen molar-refractivity contribution in [2.45, 2.75) is 32.8 Å². The van der Waals surface area contributed by atoms with E-state index < -0.39 is 0 Å². The van der Waals surface area contributed by atoms with Gasteiger partial charge in [-0.25, -0.2) is 0 Å². The van der Waals surface area contributed by atoms with E-state index in [1.165, 1.54) is 5.56 Å². The standard InChI is InChI=1S/C15H22N2O/c1-13(2)18-15-7-5-14(6-8-15)9-12-17(3)11-4-10-16/h5-8,13H,4,9,11-12H2,1-3H3. The fourth-order valence-electron chi connectivity index (χ4n) is 1.68. The Labute approximate surface area is 110 Å². The number of nitrogens with zero attached hydrogens (tertiary/aromatic N) is 2. The second-order valence-corrected chi connectivity index (χ2v) is 4.77. The molecule has 1 aromatic rings. The lowest BCUT2D eigenvalue weighted by Gasteiger charge is -2.15. The van der Waals surface area contributed by atoms with Crippen LogP contribution in [0.1, 0.15) is 25.8 Å². The lowest BCUT2D eigenvalue weighted by molar-refractivity contribution is 0.242. The smallest absolute Gasteiger partial charge is 0.119 e. The summed E-state index contributed by atoms with van der Waals surface area (Å²) in [4.78, 5) is 2.18. The topological polar surface area (TPSA) is 36.3 Å². The molecule has 0 saturated carbocycles. The summed E-state index contributed by atoms with van der Waals surface area (Å²) in [7, 11) is 2.05. The van der Waals surface area contributed by atoms with Crippen molar-refractivity contribution in [1.82, 2.24) is 4.90 Å². The van der Waals surface area contributed by atoms with Gasteiger partial charge in [-0.1, -0.05) is 12.1 Å². The maximum absolute atomic E-state index is 8.51. The zero-order valence-electron chi connectivity index (χ0n) is 11.5. The van der Waals surface area contributed by atoms with E-state index in [2.05, 4.69) is 23.1 Å². The van der Waals surface area contributed by atoms with Crippen molar-refractivity contribution in [2.24, 2.45) is 0 Å². The largest absolute Gasteiger partial charge is 0.491 e. The summed E-state index contributed by atoms with van der Waals surface area (Å²) in [5.41, 5.74) is 1.30. The SMILES string of the molecule is CC(C)Oc1ccc(CCN(C)CCC#N)cc1. The van der Waals surface area contributed by atoms with Crippen LogP contribution in [0.5, 0.6) is 5.75 Å². The third-order valence-corrected chi connectivity index (χ3v) is 2.68. The molecule has 0 radical (unpaired) electrons. The third kappa shape index (κ3) is 5.70. The van der Waals surface area contributed by atoms with Crippen molar-refractivity contribution in [3.63, 3.8) is 0 Å². The normalized spacial score (nSPS) is 10.7. The number of ether oxygens (including phenoxy) is 1. The molecular weight excluding hydrogens is 224 g/mol. The highest BCUT2D eigenvalue weighted by Crippen LogP contribution is 2.14. The van der Waals surface area contributed by atoms with E-state index in [4.69, 9.17) is 10.00 Å². The highest BCUT2D eigenvalue weighted by Gasteiger charge is 2.01. The quantitative estimate of drug-likeness (QED) is 0.742. The Morgan fingerprint density at radius 3 is 2.44 bits per heavy atom. The monoisotopic (exact) mass is 246 g/mol.